The number of amides is 1. The van der Waals surface area contributed by atoms with Crippen molar-refractivity contribution in [2.24, 2.45) is 11.7 Å². The number of rotatable bonds is 5. The Hall–Kier alpha value is -1.64. The molecule has 1 aromatic rings. The van der Waals surface area contributed by atoms with Crippen molar-refractivity contribution >= 4 is 33.5 Å². The third-order valence-electron chi connectivity index (χ3n) is 3.93. The van der Waals surface area contributed by atoms with E-state index in [1.54, 1.807) is 0 Å². The monoisotopic (exact) mass is 374 g/mol. The van der Waals surface area contributed by atoms with Crippen LogP contribution in [0.1, 0.15) is 19.8 Å². The number of nitrogens with two attached hydrogens (primary N) is 1. The zero-order valence-electron chi connectivity index (χ0n) is 13.1. The van der Waals surface area contributed by atoms with Gasteiger partial charge in [0.15, 0.2) is 6.10 Å². The molecule has 9 heteroatoms. The molecular formula is C15H19ClN2O5S. The number of benzene rings is 1. The van der Waals surface area contributed by atoms with Gasteiger partial charge < -0.3 is 10.5 Å². The quantitative estimate of drug-likeness (QED) is 0.778. The minimum absolute atomic E-state index is 0.162. The summed E-state index contributed by atoms with van der Waals surface area (Å²) in [5, 5.41) is 0.457. The molecule has 2 N–H and O–H groups in total. The molecule has 0 radical (unpaired) electrons. The van der Waals surface area contributed by atoms with Gasteiger partial charge in [-0.25, -0.2) is 8.42 Å². The summed E-state index contributed by atoms with van der Waals surface area (Å²) in [6.45, 7) is 1.81. The van der Waals surface area contributed by atoms with E-state index in [9.17, 15) is 18.0 Å². The van der Waals surface area contributed by atoms with Crippen LogP contribution in [0.4, 0.5) is 0 Å². The summed E-state index contributed by atoms with van der Waals surface area (Å²) < 4.78 is 31.4. The topological polar surface area (TPSA) is 107 Å². The minimum Gasteiger partial charge on any atom is -0.452 e. The highest BCUT2D eigenvalue weighted by molar-refractivity contribution is 7.89. The summed E-state index contributed by atoms with van der Waals surface area (Å²) >= 11 is 5.77. The molecule has 132 valence electrons. The molecule has 2 rings (SSSR count). The summed E-state index contributed by atoms with van der Waals surface area (Å²) in [5.41, 5.74) is 5.05. The van der Waals surface area contributed by atoms with Crippen LogP contribution in [0.2, 0.25) is 5.02 Å². The Labute approximate surface area is 145 Å². The number of sulfonamides is 1. The fraction of sp³-hybridized carbons (Fsp3) is 0.467. The molecule has 24 heavy (non-hydrogen) atoms. The highest BCUT2D eigenvalue weighted by Gasteiger charge is 2.33. The maximum absolute atomic E-state index is 12.5. The lowest BCUT2D eigenvalue weighted by molar-refractivity contribution is -0.159. The predicted octanol–water partition coefficient (Wildman–Crippen LogP) is 1.16. The number of piperidine rings is 1. The van der Waals surface area contributed by atoms with Crippen LogP contribution in [0.25, 0.3) is 0 Å². The van der Waals surface area contributed by atoms with Crippen LogP contribution in [0.15, 0.2) is 29.2 Å². The van der Waals surface area contributed by atoms with E-state index in [1.165, 1.54) is 35.5 Å². The van der Waals surface area contributed by atoms with Crippen LogP contribution in [0.5, 0.6) is 0 Å². The van der Waals surface area contributed by atoms with E-state index in [1.807, 2.05) is 0 Å². The number of nitrogens with zero attached hydrogens (tertiary/aromatic N) is 1. The van der Waals surface area contributed by atoms with E-state index in [0.29, 0.717) is 17.9 Å². The normalized spacial score (nSPS) is 18.1. The molecule has 0 saturated carbocycles. The number of hydrogen-bond acceptors (Lipinski definition) is 5. The van der Waals surface area contributed by atoms with Crippen LogP contribution >= 0.6 is 11.6 Å². The molecule has 1 aliphatic rings. The molecule has 1 amide bonds. The summed E-state index contributed by atoms with van der Waals surface area (Å²) in [7, 11) is -3.62. The van der Waals surface area contributed by atoms with Gasteiger partial charge in [0, 0.05) is 18.1 Å². The van der Waals surface area contributed by atoms with Gasteiger partial charge in [-0.05, 0) is 44.0 Å². The molecule has 0 aliphatic carbocycles. The average molecular weight is 375 g/mol. The van der Waals surface area contributed by atoms with Gasteiger partial charge in [0.25, 0.3) is 5.91 Å². The third-order valence-corrected chi connectivity index (χ3v) is 6.10. The molecule has 1 fully saturated rings. The molecule has 1 saturated heterocycles. The zero-order chi connectivity index (χ0) is 17.9. The van der Waals surface area contributed by atoms with Crippen LogP contribution in [0, 0.1) is 5.92 Å². The van der Waals surface area contributed by atoms with Crippen molar-refractivity contribution < 1.29 is 22.7 Å². The first-order chi connectivity index (χ1) is 11.2. The molecule has 1 atom stereocenters. The van der Waals surface area contributed by atoms with Gasteiger partial charge in [0.2, 0.25) is 10.0 Å². The smallest absolute Gasteiger partial charge is 0.309 e. The molecule has 0 bridgehead atoms. The fourth-order valence-corrected chi connectivity index (χ4v) is 4.01. The number of halogens is 1. The van der Waals surface area contributed by atoms with Crippen LogP contribution < -0.4 is 5.73 Å². The number of ether oxygens (including phenoxy) is 1. The molecule has 7 nitrogen and oxygen atoms in total. The first-order valence-corrected chi connectivity index (χ1v) is 9.29. The standard InChI is InChI=1S/C15H19ClN2O5S/c1-10(14(17)19)23-15(20)11-6-8-18(9-7-11)24(21,22)13-4-2-12(16)3-5-13/h2-5,10-11H,6-9H2,1H3,(H2,17,19)/t10-/m0/s1. The number of hydrogen-bond donors (Lipinski definition) is 1. The Morgan fingerprint density at radius 2 is 1.79 bits per heavy atom. The van der Waals surface area contributed by atoms with Gasteiger partial charge in [0.1, 0.15) is 0 Å². The van der Waals surface area contributed by atoms with Crippen molar-refractivity contribution in [1.29, 1.82) is 0 Å². The Kier molecular flexibility index (Phi) is 5.84. The second kappa shape index (κ2) is 7.50. The predicted molar refractivity (Wildman–Crippen MR) is 87.7 cm³/mol. The van der Waals surface area contributed by atoms with Crippen molar-refractivity contribution in [3.63, 3.8) is 0 Å². The zero-order valence-corrected chi connectivity index (χ0v) is 14.7. The lowest BCUT2D eigenvalue weighted by Gasteiger charge is -2.30. The summed E-state index contributed by atoms with van der Waals surface area (Å²) in [4.78, 5) is 23.1. The molecule has 1 aromatic carbocycles. The Morgan fingerprint density at radius 1 is 1.25 bits per heavy atom. The fourth-order valence-electron chi connectivity index (χ4n) is 2.42. The highest BCUT2D eigenvalue weighted by Crippen LogP contribution is 2.25. The summed E-state index contributed by atoms with van der Waals surface area (Å²) in [6, 6.07) is 5.94. The van der Waals surface area contributed by atoms with E-state index in [4.69, 9.17) is 22.1 Å². The molecule has 0 unspecified atom stereocenters. The lowest BCUT2D eigenvalue weighted by atomic mass is 9.98. The molecule has 1 heterocycles. The van der Waals surface area contributed by atoms with E-state index >= 15 is 0 Å². The van der Waals surface area contributed by atoms with Crippen molar-refractivity contribution in [2.45, 2.75) is 30.8 Å². The molecule has 0 spiro atoms. The largest absolute Gasteiger partial charge is 0.452 e. The van der Waals surface area contributed by atoms with Gasteiger partial charge in [-0.3, -0.25) is 9.59 Å². The number of esters is 1. The second-order valence-electron chi connectivity index (χ2n) is 5.61. The van der Waals surface area contributed by atoms with E-state index in [0.717, 1.165) is 0 Å². The van der Waals surface area contributed by atoms with Crippen molar-refractivity contribution in [3.05, 3.63) is 29.3 Å². The van der Waals surface area contributed by atoms with Crippen molar-refractivity contribution in [1.82, 2.24) is 4.31 Å². The van der Waals surface area contributed by atoms with Gasteiger partial charge in [-0.1, -0.05) is 11.6 Å². The molecule has 0 aromatic heterocycles. The minimum atomic E-state index is -3.62. The number of carbonyl (C=O) groups excluding carboxylic acids is 2. The third kappa shape index (κ3) is 4.25. The van der Waals surface area contributed by atoms with E-state index < -0.39 is 33.9 Å². The van der Waals surface area contributed by atoms with Crippen LogP contribution in [-0.2, 0) is 24.3 Å². The first kappa shape index (κ1) is 18.7. The Bertz CT molecular complexity index is 712. The van der Waals surface area contributed by atoms with Gasteiger partial charge in [-0.15, -0.1) is 0 Å². The Morgan fingerprint density at radius 3 is 2.29 bits per heavy atom. The van der Waals surface area contributed by atoms with Crippen LogP contribution in [0.3, 0.4) is 0 Å². The van der Waals surface area contributed by atoms with Gasteiger partial charge in [-0.2, -0.15) is 4.31 Å². The van der Waals surface area contributed by atoms with E-state index in [-0.39, 0.29) is 18.0 Å². The average Bonchev–Trinajstić information content (AvgIpc) is 2.55. The van der Waals surface area contributed by atoms with Crippen molar-refractivity contribution in [2.75, 3.05) is 13.1 Å². The van der Waals surface area contributed by atoms with Gasteiger partial charge >= 0.3 is 5.97 Å². The maximum atomic E-state index is 12.5. The molecular weight excluding hydrogens is 356 g/mol. The Balaban J connectivity index is 1.98. The van der Waals surface area contributed by atoms with Crippen molar-refractivity contribution in [3.8, 4) is 0 Å². The highest BCUT2D eigenvalue weighted by atomic mass is 35.5. The summed E-state index contributed by atoms with van der Waals surface area (Å²) in [5.74, 6) is -1.68. The lowest BCUT2D eigenvalue weighted by Crippen LogP contribution is -2.41. The first-order valence-electron chi connectivity index (χ1n) is 7.47. The number of primary amides is 1. The number of carbonyl (C=O) groups is 2. The van der Waals surface area contributed by atoms with E-state index in [2.05, 4.69) is 0 Å². The summed E-state index contributed by atoms with van der Waals surface area (Å²) in [6.07, 6.45) is -0.331. The van der Waals surface area contributed by atoms with Crippen LogP contribution in [-0.4, -0.2) is 43.8 Å². The SMILES string of the molecule is C[C@H](OC(=O)C1CCN(S(=O)(=O)c2ccc(Cl)cc2)CC1)C(N)=O. The second-order valence-corrected chi connectivity index (χ2v) is 7.99. The molecule has 1 aliphatic heterocycles. The van der Waals surface area contributed by atoms with Gasteiger partial charge in [0.05, 0.1) is 10.8 Å². The maximum Gasteiger partial charge on any atom is 0.309 e.